The summed E-state index contributed by atoms with van der Waals surface area (Å²) in [5, 5.41) is 0. The average Bonchev–Trinajstić information content (AvgIpc) is 2.73. The molecule has 6 aliphatic rings. The van der Waals surface area contributed by atoms with Crippen LogP contribution in [-0.2, 0) is 63.6 Å². The number of rotatable bonds is 12. The van der Waals surface area contributed by atoms with Crippen LogP contribution in [0.1, 0.15) is 19.3 Å². The van der Waals surface area contributed by atoms with E-state index in [-0.39, 0.29) is 0 Å². The third-order valence-electron chi connectivity index (χ3n) is 6.67. The molecule has 23 heteroatoms. The van der Waals surface area contributed by atoms with Gasteiger partial charge in [-0.05, 0) is 19.3 Å². The van der Waals surface area contributed by atoms with E-state index in [1.165, 1.54) is 0 Å². The summed E-state index contributed by atoms with van der Waals surface area (Å²) < 4.78 is 98.5. The summed E-state index contributed by atoms with van der Waals surface area (Å²) in [6.07, 6.45) is 1.78. The summed E-state index contributed by atoms with van der Waals surface area (Å²) in [5.74, 6) is 0. The van der Waals surface area contributed by atoms with Crippen molar-refractivity contribution in [2.45, 2.75) is 70.1 Å². The Bertz CT molecular complexity index is 899. The molecule has 0 spiro atoms. The van der Waals surface area contributed by atoms with Gasteiger partial charge in [0, 0.05) is 92.0 Å². The van der Waals surface area contributed by atoms with Crippen LogP contribution < -0.4 is 0 Å². The number of hydrogen-bond donors (Lipinski definition) is 0. The predicted molar refractivity (Wildman–Crippen MR) is 152 cm³/mol. The summed E-state index contributed by atoms with van der Waals surface area (Å²) in [5.41, 5.74) is 0. The highest BCUT2D eigenvalue weighted by Gasteiger charge is 2.80. The molecule has 0 saturated carbocycles. The van der Waals surface area contributed by atoms with Crippen molar-refractivity contribution in [1.29, 1.82) is 0 Å². The van der Waals surface area contributed by atoms with E-state index < -0.39 is 70.4 Å². The molecule has 40 heavy (non-hydrogen) atoms. The summed E-state index contributed by atoms with van der Waals surface area (Å²) >= 11 is 0. The van der Waals surface area contributed by atoms with Gasteiger partial charge in [-0.3, -0.25) is 0 Å². The third-order valence-corrected chi connectivity index (χ3v) is 43.0. The summed E-state index contributed by atoms with van der Waals surface area (Å²) in [6, 6.07) is 1.18. The zero-order chi connectivity index (χ0) is 29.0. The molecule has 0 aliphatic carbocycles. The first-order valence-electron chi connectivity index (χ1n) is 13.6. The fraction of sp³-hybridized carbons (Fsp3) is 1.00. The van der Waals surface area contributed by atoms with E-state index in [0.29, 0.717) is 57.2 Å². The lowest BCUT2D eigenvalue weighted by molar-refractivity contribution is -0.0236. The Kier molecular flexibility index (Phi) is 9.34. The first-order chi connectivity index (χ1) is 18.7. The Labute approximate surface area is 244 Å². The molecule has 0 aromatic heterocycles. The zero-order valence-corrected chi connectivity index (χ0v) is 32.5. The molecule has 6 saturated heterocycles. The van der Waals surface area contributed by atoms with Gasteiger partial charge in [0.2, 0.25) is 0 Å². The Morgan fingerprint density at radius 2 is 0.575 bits per heavy atom. The van der Waals surface area contributed by atoms with Crippen LogP contribution in [0.3, 0.4) is 0 Å². The van der Waals surface area contributed by atoms with E-state index in [1.807, 2.05) is 0 Å². The lowest BCUT2D eigenvalue weighted by atomic mass is 10.5. The van der Waals surface area contributed by atoms with Crippen molar-refractivity contribution >= 4 is 70.4 Å². The quantitative estimate of drug-likeness (QED) is 0.216. The van der Waals surface area contributed by atoms with Gasteiger partial charge in [-0.25, -0.2) is 0 Å². The topological polar surface area (TPSA) is 138 Å². The second-order valence-electron chi connectivity index (χ2n) is 10.9. The lowest BCUT2D eigenvalue weighted by Gasteiger charge is -2.61. The van der Waals surface area contributed by atoms with Crippen LogP contribution in [0.5, 0.6) is 0 Å². The van der Waals surface area contributed by atoms with Gasteiger partial charge >= 0.3 is 70.4 Å². The molecule has 4 unspecified atom stereocenters. The highest BCUT2D eigenvalue weighted by Crippen LogP contribution is 2.50. The summed E-state index contributed by atoms with van der Waals surface area (Å²) in [7, 11) is -24.3. The Hall–Kier alpha value is 1.14. The molecule has 4 atom stereocenters. The van der Waals surface area contributed by atoms with Crippen LogP contribution in [0.25, 0.3) is 0 Å². The standard InChI is InChI=1S/C17H42O15Si8/c1-18-12-9-15-38-25-33(4)21-34(5)23-36(7,28-38)30-40(17-11-14-20-3)31-37(8,29-38)24-35(6,22-33)27-39(26-34,32-40)16-10-13-19-2/h9-17H2,1-8H3. The second-order valence-corrected chi connectivity index (χ2v) is 34.9. The SMILES string of the molecule is COCCC[Si]12O[Si]3(C)O[Si]4(C)O[Si](C)(O1)O[Si]1(CCCOC)O[Si](C)(O[Si](C)(O3)O[Si](CCCOC)(O4)O1)O2. The summed E-state index contributed by atoms with van der Waals surface area (Å²) in [6.45, 7) is 10.4. The summed E-state index contributed by atoms with van der Waals surface area (Å²) in [4.78, 5) is 0. The molecule has 0 amide bonds. The van der Waals surface area contributed by atoms with E-state index >= 15 is 0 Å². The van der Waals surface area contributed by atoms with E-state index in [9.17, 15) is 0 Å². The molecule has 6 aliphatic heterocycles. The maximum atomic E-state index is 7.06. The van der Waals surface area contributed by atoms with E-state index in [1.54, 1.807) is 54.1 Å². The van der Waals surface area contributed by atoms with Crippen molar-refractivity contribution in [3.8, 4) is 0 Å². The van der Waals surface area contributed by atoms with Gasteiger partial charge in [-0.2, -0.15) is 0 Å². The monoisotopic (exact) mass is 710 g/mol. The molecule has 232 valence electrons. The maximum absolute atomic E-state index is 7.06. The minimum Gasteiger partial charge on any atom is -0.385 e. The normalized spacial score (nSPS) is 49.8. The molecule has 0 N–H and O–H groups in total. The lowest BCUT2D eigenvalue weighted by Crippen LogP contribution is -2.86. The molecule has 0 aromatic rings. The van der Waals surface area contributed by atoms with Gasteiger partial charge in [0.05, 0.1) is 0 Å². The number of ether oxygens (including phenoxy) is 3. The van der Waals surface area contributed by atoms with Gasteiger partial charge < -0.3 is 63.6 Å². The van der Waals surface area contributed by atoms with E-state index in [2.05, 4.69) is 0 Å². The van der Waals surface area contributed by atoms with Crippen LogP contribution >= 0.6 is 0 Å². The van der Waals surface area contributed by atoms with E-state index in [0.717, 1.165) is 0 Å². The highest BCUT2D eigenvalue weighted by molar-refractivity contribution is 7.02. The highest BCUT2D eigenvalue weighted by atomic mass is 28.6. The van der Waals surface area contributed by atoms with Gasteiger partial charge in [0.1, 0.15) is 0 Å². The minimum absolute atomic E-state index is 0.390. The molecule has 6 heterocycles. The molecular formula is C17H42O15Si8. The zero-order valence-electron chi connectivity index (χ0n) is 24.5. The fourth-order valence-corrected chi connectivity index (χ4v) is 52.7. The molecule has 0 aromatic carbocycles. The van der Waals surface area contributed by atoms with Gasteiger partial charge in [-0.15, -0.1) is 0 Å². The largest absolute Gasteiger partial charge is 0.478 e. The van der Waals surface area contributed by atoms with Crippen molar-refractivity contribution in [1.82, 2.24) is 0 Å². The molecule has 6 fully saturated rings. The smallest absolute Gasteiger partial charge is 0.385 e. The molecule has 8 bridgehead atoms. The van der Waals surface area contributed by atoms with Gasteiger partial charge in [0.25, 0.3) is 0 Å². The molecule has 6 rings (SSSR count). The van der Waals surface area contributed by atoms with Crippen LogP contribution in [-0.4, -0.2) is 112 Å². The van der Waals surface area contributed by atoms with Crippen LogP contribution in [0.15, 0.2) is 0 Å². The number of methoxy groups -OCH3 is 3. The Morgan fingerprint density at radius 3 is 0.825 bits per heavy atom. The predicted octanol–water partition coefficient (Wildman–Crippen LogP) is 2.02. The molecule has 15 nitrogen and oxygen atoms in total. The van der Waals surface area contributed by atoms with Crippen molar-refractivity contribution in [2.75, 3.05) is 41.2 Å². The number of hydrogen-bond acceptors (Lipinski definition) is 15. The van der Waals surface area contributed by atoms with Crippen molar-refractivity contribution in [3.05, 3.63) is 0 Å². The first-order valence-corrected chi connectivity index (χ1v) is 30.5. The van der Waals surface area contributed by atoms with Crippen molar-refractivity contribution in [3.63, 3.8) is 0 Å². The van der Waals surface area contributed by atoms with Gasteiger partial charge in [0.15, 0.2) is 0 Å². The third kappa shape index (κ3) is 6.85. The molecular weight excluding hydrogens is 669 g/mol. The van der Waals surface area contributed by atoms with Crippen molar-refractivity contribution in [2.24, 2.45) is 0 Å². The Balaban J connectivity index is 1.69. The minimum atomic E-state index is -3.72. The van der Waals surface area contributed by atoms with Crippen LogP contribution in [0.2, 0.25) is 50.9 Å². The maximum Gasteiger partial charge on any atom is 0.478 e. The van der Waals surface area contributed by atoms with E-state index in [4.69, 9.17) is 63.6 Å². The van der Waals surface area contributed by atoms with Crippen LogP contribution in [0, 0.1) is 0 Å². The van der Waals surface area contributed by atoms with Gasteiger partial charge in [-0.1, -0.05) is 0 Å². The molecule has 0 radical (unpaired) electrons. The average molecular weight is 711 g/mol. The Morgan fingerprint density at radius 1 is 0.350 bits per heavy atom. The second kappa shape index (κ2) is 11.5. The van der Waals surface area contributed by atoms with Crippen molar-refractivity contribution < 1.29 is 63.6 Å². The fourth-order valence-electron chi connectivity index (χ4n) is 5.82. The first kappa shape index (κ1) is 32.5. The van der Waals surface area contributed by atoms with Crippen LogP contribution in [0.4, 0.5) is 0 Å².